The zero-order valence-electron chi connectivity index (χ0n) is 11.6. The van der Waals surface area contributed by atoms with Crippen LogP contribution in [0.25, 0.3) is 22.2 Å². The summed E-state index contributed by atoms with van der Waals surface area (Å²) in [4.78, 5) is 4.88. The Labute approximate surface area is 118 Å². The van der Waals surface area contributed by atoms with Crippen LogP contribution in [0.3, 0.4) is 0 Å². The second kappa shape index (κ2) is 4.07. The maximum absolute atomic E-state index is 5.89. The molecule has 4 rings (SSSR count). The lowest BCUT2D eigenvalue weighted by molar-refractivity contribution is 0.301. The van der Waals surface area contributed by atoms with Crippen LogP contribution in [-0.2, 0) is 6.61 Å². The summed E-state index contributed by atoms with van der Waals surface area (Å²) < 4.78 is 5.89. The molecule has 0 fully saturated rings. The van der Waals surface area contributed by atoms with E-state index in [1.165, 1.54) is 22.1 Å². The van der Waals surface area contributed by atoms with Crippen LogP contribution in [0.1, 0.15) is 16.7 Å². The first-order chi connectivity index (χ1) is 9.74. The molecule has 1 aliphatic heterocycles. The van der Waals surface area contributed by atoms with E-state index in [2.05, 4.69) is 44.2 Å². The first kappa shape index (κ1) is 11.5. The lowest BCUT2D eigenvalue weighted by Crippen LogP contribution is -2.09. The van der Waals surface area contributed by atoms with Gasteiger partial charge in [-0.1, -0.05) is 29.8 Å². The van der Waals surface area contributed by atoms with Crippen molar-refractivity contribution < 1.29 is 4.74 Å². The standard InChI is InChI=1S/C18H15NO/c1-11-7-8-17-14(9-11)18-15(10-20-17)12(2)13-5-3-4-6-16(13)19-18/h3-9H,10H2,1-2H3. The molecule has 0 spiro atoms. The van der Waals surface area contributed by atoms with Crippen LogP contribution in [0.2, 0.25) is 0 Å². The van der Waals surface area contributed by atoms with Crippen LogP contribution in [0.15, 0.2) is 42.5 Å². The van der Waals surface area contributed by atoms with Gasteiger partial charge in [-0.25, -0.2) is 4.98 Å². The fraction of sp³-hybridized carbons (Fsp3) is 0.167. The van der Waals surface area contributed by atoms with Crippen molar-refractivity contribution in [3.63, 3.8) is 0 Å². The molecule has 20 heavy (non-hydrogen) atoms. The van der Waals surface area contributed by atoms with Crippen molar-refractivity contribution in [2.75, 3.05) is 0 Å². The number of para-hydroxylation sites is 1. The molecule has 2 heterocycles. The molecular weight excluding hydrogens is 246 g/mol. The molecule has 0 saturated heterocycles. The average Bonchev–Trinajstić information content (AvgIpc) is 2.47. The van der Waals surface area contributed by atoms with Gasteiger partial charge in [0.15, 0.2) is 0 Å². The highest BCUT2D eigenvalue weighted by atomic mass is 16.5. The molecule has 0 N–H and O–H groups in total. The number of hydrogen-bond donors (Lipinski definition) is 0. The number of fused-ring (bicyclic) bond motifs is 4. The smallest absolute Gasteiger partial charge is 0.129 e. The third-order valence-electron chi connectivity index (χ3n) is 4.04. The van der Waals surface area contributed by atoms with Crippen molar-refractivity contribution in [1.82, 2.24) is 4.98 Å². The average molecular weight is 261 g/mol. The topological polar surface area (TPSA) is 22.1 Å². The molecule has 0 amide bonds. The fourth-order valence-corrected chi connectivity index (χ4v) is 2.92. The summed E-state index contributed by atoms with van der Waals surface area (Å²) in [5, 5.41) is 1.21. The Balaban J connectivity index is 2.10. The Morgan fingerprint density at radius 2 is 1.90 bits per heavy atom. The summed E-state index contributed by atoms with van der Waals surface area (Å²) in [6, 6.07) is 14.6. The Kier molecular flexibility index (Phi) is 2.34. The highest BCUT2D eigenvalue weighted by molar-refractivity contribution is 5.88. The van der Waals surface area contributed by atoms with E-state index < -0.39 is 0 Å². The summed E-state index contributed by atoms with van der Waals surface area (Å²) >= 11 is 0. The Hall–Kier alpha value is -2.35. The van der Waals surface area contributed by atoms with Gasteiger partial charge in [0.05, 0.1) is 11.2 Å². The number of pyridine rings is 1. The molecule has 0 aliphatic carbocycles. The van der Waals surface area contributed by atoms with Gasteiger partial charge in [-0.3, -0.25) is 0 Å². The van der Waals surface area contributed by atoms with Crippen molar-refractivity contribution in [2.24, 2.45) is 0 Å². The minimum absolute atomic E-state index is 0.606. The second-order valence-electron chi connectivity index (χ2n) is 5.37. The van der Waals surface area contributed by atoms with E-state index in [4.69, 9.17) is 9.72 Å². The Morgan fingerprint density at radius 1 is 1.05 bits per heavy atom. The van der Waals surface area contributed by atoms with E-state index in [-0.39, 0.29) is 0 Å². The van der Waals surface area contributed by atoms with Crippen LogP contribution >= 0.6 is 0 Å². The van der Waals surface area contributed by atoms with E-state index in [1.807, 2.05) is 12.1 Å². The van der Waals surface area contributed by atoms with E-state index in [9.17, 15) is 0 Å². The van der Waals surface area contributed by atoms with Gasteiger partial charge in [0.25, 0.3) is 0 Å². The summed E-state index contributed by atoms with van der Waals surface area (Å²) in [7, 11) is 0. The van der Waals surface area contributed by atoms with Gasteiger partial charge in [-0.15, -0.1) is 0 Å². The molecular formula is C18H15NO. The van der Waals surface area contributed by atoms with Crippen LogP contribution in [0.4, 0.5) is 0 Å². The van der Waals surface area contributed by atoms with Gasteiger partial charge in [0.1, 0.15) is 12.4 Å². The highest BCUT2D eigenvalue weighted by Crippen LogP contribution is 2.39. The van der Waals surface area contributed by atoms with E-state index in [0.717, 1.165) is 22.5 Å². The zero-order valence-corrected chi connectivity index (χ0v) is 11.6. The quantitative estimate of drug-likeness (QED) is 0.598. The number of aromatic nitrogens is 1. The summed E-state index contributed by atoms with van der Waals surface area (Å²) in [6.07, 6.45) is 0. The van der Waals surface area contributed by atoms with Crippen LogP contribution in [-0.4, -0.2) is 4.98 Å². The molecule has 0 unspecified atom stereocenters. The van der Waals surface area contributed by atoms with Crippen molar-refractivity contribution in [2.45, 2.75) is 20.5 Å². The predicted molar refractivity (Wildman–Crippen MR) is 81.0 cm³/mol. The predicted octanol–water partition coefficient (Wildman–Crippen LogP) is 4.41. The molecule has 2 heteroatoms. The Bertz CT molecular complexity index is 836. The minimum Gasteiger partial charge on any atom is -0.488 e. The molecule has 1 aliphatic rings. The lowest BCUT2D eigenvalue weighted by atomic mass is 9.95. The van der Waals surface area contributed by atoms with Crippen LogP contribution in [0.5, 0.6) is 5.75 Å². The van der Waals surface area contributed by atoms with E-state index in [0.29, 0.717) is 6.61 Å². The molecule has 0 radical (unpaired) electrons. The number of ether oxygens (including phenoxy) is 1. The highest BCUT2D eigenvalue weighted by Gasteiger charge is 2.21. The summed E-state index contributed by atoms with van der Waals surface area (Å²) in [6.45, 7) is 4.87. The summed E-state index contributed by atoms with van der Waals surface area (Å²) in [5.41, 5.74) is 6.96. The van der Waals surface area contributed by atoms with Crippen molar-refractivity contribution in [3.8, 4) is 17.0 Å². The molecule has 1 aromatic heterocycles. The zero-order chi connectivity index (χ0) is 13.7. The molecule has 2 aromatic carbocycles. The number of rotatable bonds is 0. The molecule has 0 bridgehead atoms. The summed E-state index contributed by atoms with van der Waals surface area (Å²) in [5.74, 6) is 0.935. The third-order valence-corrected chi connectivity index (χ3v) is 4.04. The number of aryl methyl sites for hydroxylation is 2. The minimum atomic E-state index is 0.606. The number of benzene rings is 2. The van der Waals surface area contributed by atoms with Gasteiger partial charge in [-0.05, 0) is 37.6 Å². The monoisotopic (exact) mass is 261 g/mol. The number of nitrogens with zero attached hydrogens (tertiary/aromatic N) is 1. The first-order valence-electron chi connectivity index (χ1n) is 6.86. The SMILES string of the molecule is Cc1ccc2c(c1)-c1nc3ccccc3c(C)c1CO2. The lowest BCUT2D eigenvalue weighted by Gasteiger charge is -2.23. The van der Waals surface area contributed by atoms with Crippen LogP contribution in [0, 0.1) is 13.8 Å². The van der Waals surface area contributed by atoms with Gasteiger partial charge < -0.3 is 4.74 Å². The molecule has 2 nitrogen and oxygen atoms in total. The third kappa shape index (κ3) is 1.54. The normalized spacial score (nSPS) is 12.7. The van der Waals surface area contributed by atoms with Gasteiger partial charge >= 0.3 is 0 Å². The maximum Gasteiger partial charge on any atom is 0.129 e. The van der Waals surface area contributed by atoms with Crippen molar-refractivity contribution >= 4 is 10.9 Å². The van der Waals surface area contributed by atoms with Crippen molar-refractivity contribution in [3.05, 3.63) is 59.2 Å². The largest absolute Gasteiger partial charge is 0.488 e. The van der Waals surface area contributed by atoms with Gasteiger partial charge in [0, 0.05) is 16.5 Å². The fourth-order valence-electron chi connectivity index (χ4n) is 2.92. The number of hydrogen-bond acceptors (Lipinski definition) is 2. The molecule has 0 saturated carbocycles. The Morgan fingerprint density at radius 3 is 2.80 bits per heavy atom. The van der Waals surface area contributed by atoms with Gasteiger partial charge in [0.2, 0.25) is 0 Å². The molecule has 98 valence electrons. The molecule has 0 atom stereocenters. The van der Waals surface area contributed by atoms with Gasteiger partial charge in [-0.2, -0.15) is 0 Å². The van der Waals surface area contributed by atoms with Crippen molar-refractivity contribution in [1.29, 1.82) is 0 Å². The maximum atomic E-state index is 5.89. The first-order valence-corrected chi connectivity index (χ1v) is 6.86. The van der Waals surface area contributed by atoms with Crippen LogP contribution < -0.4 is 4.74 Å². The molecule has 3 aromatic rings. The van der Waals surface area contributed by atoms with E-state index in [1.54, 1.807) is 0 Å². The second-order valence-corrected chi connectivity index (χ2v) is 5.37. The van der Waals surface area contributed by atoms with E-state index >= 15 is 0 Å².